The molecule has 1 heterocycles. The van der Waals surface area contributed by atoms with Gasteiger partial charge in [-0.15, -0.1) is 12.4 Å². The third-order valence-corrected chi connectivity index (χ3v) is 3.48. The second-order valence-corrected chi connectivity index (χ2v) is 6.13. The summed E-state index contributed by atoms with van der Waals surface area (Å²) in [6, 6.07) is 6.06. The number of nitrogens with one attached hydrogen (secondary N) is 1. The minimum atomic E-state index is 0. The molecule has 0 radical (unpaired) electrons. The van der Waals surface area contributed by atoms with Crippen LogP contribution in [-0.4, -0.2) is 29.3 Å². The summed E-state index contributed by atoms with van der Waals surface area (Å²) in [5, 5.41) is 7.18. The highest BCUT2D eigenvalue weighted by Crippen LogP contribution is 2.32. The molecule has 7 heteroatoms. The maximum absolute atomic E-state index is 5.82. The van der Waals surface area contributed by atoms with Crippen molar-refractivity contribution in [1.82, 2.24) is 15.5 Å². The molecule has 2 rings (SSSR count). The fourth-order valence-corrected chi connectivity index (χ4v) is 2.19. The maximum atomic E-state index is 5.82. The molecule has 0 aliphatic heterocycles. The van der Waals surface area contributed by atoms with Crippen molar-refractivity contribution in [2.75, 3.05) is 7.05 Å². The van der Waals surface area contributed by atoms with Crippen LogP contribution >= 0.6 is 28.3 Å². The van der Waals surface area contributed by atoms with Gasteiger partial charge in [-0.3, -0.25) is 0 Å². The number of aromatic nitrogens is 2. The molecule has 122 valence electrons. The molecule has 5 nitrogen and oxygen atoms in total. The zero-order chi connectivity index (χ0) is 15.4. The van der Waals surface area contributed by atoms with Gasteiger partial charge in [-0.2, -0.15) is 4.98 Å². The van der Waals surface area contributed by atoms with Crippen LogP contribution in [-0.2, 0) is 6.42 Å². The first-order valence-electron chi connectivity index (χ1n) is 6.96. The van der Waals surface area contributed by atoms with Crippen LogP contribution in [0.5, 0.6) is 5.75 Å². The average Bonchev–Trinajstić information content (AvgIpc) is 2.86. The molecular weight excluding hydrogens is 370 g/mol. The van der Waals surface area contributed by atoms with Crippen LogP contribution in [0.15, 0.2) is 27.2 Å². The standard InChI is InChI=1S/C15H20BrN3O2.ClH/c1-9(2)20-13-8-11(16)5-6-12(13)15-18-14(19-21-15)7-10(3)17-4;/h5-6,8-10,17H,7H2,1-4H3;1H. The van der Waals surface area contributed by atoms with Crippen molar-refractivity contribution in [3.05, 3.63) is 28.5 Å². The topological polar surface area (TPSA) is 60.2 Å². The SMILES string of the molecule is CNC(C)Cc1noc(-c2ccc(Br)cc2OC(C)C)n1.Cl. The van der Waals surface area contributed by atoms with Crippen LogP contribution in [0.2, 0.25) is 0 Å². The van der Waals surface area contributed by atoms with E-state index in [1.165, 1.54) is 0 Å². The van der Waals surface area contributed by atoms with E-state index in [2.05, 4.69) is 38.3 Å². The second-order valence-electron chi connectivity index (χ2n) is 5.22. The lowest BCUT2D eigenvalue weighted by Crippen LogP contribution is -2.24. The number of hydrogen-bond acceptors (Lipinski definition) is 5. The Kier molecular flexibility index (Phi) is 7.32. The number of ether oxygens (including phenoxy) is 1. The molecule has 0 saturated carbocycles. The molecule has 2 aromatic rings. The van der Waals surface area contributed by atoms with Crippen molar-refractivity contribution in [3.8, 4) is 17.2 Å². The van der Waals surface area contributed by atoms with E-state index in [1.807, 2.05) is 39.1 Å². The van der Waals surface area contributed by atoms with Crippen molar-refractivity contribution in [2.45, 2.75) is 39.3 Å². The zero-order valence-corrected chi connectivity index (χ0v) is 15.5. The largest absolute Gasteiger partial charge is 0.490 e. The van der Waals surface area contributed by atoms with E-state index >= 15 is 0 Å². The van der Waals surface area contributed by atoms with Gasteiger partial charge >= 0.3 is 0 Å². The smallest absolute Gasteiger partial charge is 0.261 e. The van der Waals surface area contributed by atoms with Crippen molar-refractivity contribution < 1.29 is 9.26 Å². The van der Waals surface area contributed by atoms with E-state index in [-0.39, 0.29) is 18.5 Å². The van der Waals surface area contributed by atoms with Crippen LogP contribution < -0.4 is 10.1 Å². The van der Waals surface area contributed by atoms with Crippen molar-refractivity contribution in [2.24, 2.45) is 0 Å². The Balaban J connectivity index is 0.00000242. The molecule has 1 unspecified atom stereocenters. The number of likely N-dealkylation sites (N-methyl/N-ethyl adjacent to an activating group) is 1. The van der Waals surface area contributed by atoms with E-state index in [0.717, 1.165) is 22.2 Å². The van der Waals surface area contributed by atoms with Gasteiger partial charge in [0.25, 0.3) is 5.89 Å². The average molecular weight is 391 g/mol. The molecule has 1 aromatic carbocycles. The molecule has 1 aromatic heterocycles. The normalized spacial score (nSPS) is 12.1. The fraction of sp³-hybridized carbons (Fsp3) is 0.467. The molecule has 0 spiro atoms. The predicted octanol–water partition coefficient (Wildman–Crippen LogP) is 3.86. The third kappa shape index (κ3) is 4.97. The van der Waals surface area contributed by atoms with Crippen LogP contribution in [0.3, 0.4) is 0 Å². The summed E-state index contributed by atoms with van der Waals surface area (Å²) in [6.45, 7) is 6.04. The molecule has 0 aliphatic rings. The first-order chi connectivity index (χ1) is 9.99. The number of halogens is 2. The van der Waals surface area contributed by atoms with Gasteiger partial charge in [0.1, 0.15) is 5.75 Å². The second kappa shape index (κ2) is 8.50. The quantitative estimate of drug-likeness (QED) is 0.811. The minimum Gasteiger partial charge on any atom is -0.490 e. The Morgan fingerprint density at radius 1 is 1.32 bits per heavy atom. The Morgan fingerprint density at radius 3 is 2.68 bits per heavy atom. The lowest BCUT2D eigenvalue weighted by molar-refractivity contribution is 0.242. The minimum absolute atomic E-state index is 0. The van der Waals surface area contributed by atoms with Crippen molar-refractivity contribution in [3.63, 3.8) is 0 Å². The highest BCUT2D eigenvalue weighted by atomic mass is 79.9. The molecular formula is C15H21BrClN3O2. The summed E-state index contributed by atoms with van der Waals surface area (Å²) < 4.78 is 12.1. The van der Waals surface area contributed by atoms with E-state index in [9.17, 15) is 0 Å². The highest BCUT2D eigenvalue weighted by molar-refractivity contribution is 9.10. The maximum Gasteiger partial charge on any atom is 0.261 e. The Labute approximate surface area is 145 Å². The van der Waals surface area contributed by atoms with Crippen LogP contribution in [0.1, 0.15) is 26.6 Å². The summed E-state index contributed by atoms with van der Waals surface area (Å²) >= 11 is 3.45. The highest BCUT2D eigenvalue weighted by Gasteiger charge is 2.16. The van der Waals surface area contributed by atoms with E-state index in [1.54, 1.807) is 0 Å². The fourth-order valence-electron chi connectivity index (χ4n) is 1.85. The summed E-state index contributed by atoms with van der Waals surface area (Å²) in [7, 11) is 1.91. The summed E-state index contributed by atoms with van der Waals surface area (Å²) in [5.41, 5.74) is 0.808. The summed E-state index contributed by atoms with van der Waals surface area (Å²) in [4.78, 5) is 4.45. The Bertz CT molecular complexity index is 604. The zero-order valence-electron chi connectivity index (χ0n) is 13.1. The Hall–Kier alpha value is -1.11. The monoisotopic (exact) mass is 389 g/mol. The van der Waals surface area contributed by atoms with Crippen molar-refractivity contribution in [1.29, 1.82) is 0 Å². The first kappa shape index (κ1) is 18.9. The first-order valence-corrected chi connectivity index (χ1v) is 7.75. The van der Waals surface area contributed by atoms with E-state index < -0.39 is 0 Å². The van der Waals surface area contributed by atoms with Gasteiger partial charge in [-0.25, -0.2) is 0 Å². The van der Waals surface area contributed by atoms with Gasteiger partial charge in [0.15, 0.2) is 5.82 Å². The van der Waals surface area contributed by atoms with Gasteiger partial charge in [0.2, 0.25) is 0 Å². The third-order valence-electron chi connectivity index (χ3n) is 2.99. The predicted molar refractivity (Wildman–Crippen MR) is 92.7 cm³/mol. The molecule has 0 bridgehead atoms. The van der Waals surface area contributed by atoms with Gasteiger partial charge in [0, 0.05) is 16.9 Å². The van der Waals surface area contributed by atoms with Crippen LogP contribution in [0, 0.1) is 0 Å². The molecule has 0 fully saturated rings. The van der Waals surface area contributed by atoms with Gasteiger partial charge < -0.3 is 14.6 Å². The summed E-state index contributed by atoms with van der Waals surface area (Å²) in [6.07, 6.45) is 0.793. The van der Waals surface area contributed by atoms with Crippen LogP contribution in [0.25, 0.3) is 11.5 Å². The lowest BCUT2D eigenvalue weighted by Gasteiger charge is -2.12. The Morgan fingerprint density at radius 2 is 2.05 bits per heavy atom. The van der Waals surface area contributed by atoms with Crippen molar-refractivity contribution >= 4 is 28.3 Å². The number of nitrogens with zero attached hydrogens (tertiary/aromatic N) is 2. The van der Waals surface area contributed by atoms with E-state index in [0.29, 0.717) is 17.8 Å². The van der Waals surface area contributed by atoms with Gasteiger partial charge in [-0.1, -0.05) is 21.1 Å². The summed E-state index contributed by atoms with van der Waals surface area (Å²) in [5.74, 6) is 1.90. The van der Waals surface area contributed by atoms with Crippen LogP contribution in [0.4, 0.5) is 0 Å². The molecule has 1 N–H and O–H groups in total. The molecule has 1 atom stereocenters. The number of hydrogen-bond donors (Lipinski definition) is 1. The molecule has 0 aliphatic carbocycles. The molecule has 0 saturated heterocycles. The van der Waals surface area contributed by atoms with Gasteiger partial charge in [0.05, 0.1) is 11.7 Å². The molecule has 22 heavy (non-hydrogen) atoms. The number of rotatable bonds is 6. The van der Waals surface area contributed by atoms with Gasteiger partial charge in [-0.05, 0) is 46.0 Å². The molecule has 0 amide bonds. The number of benzene rings is 1. The lowest BCUT2D eigenvalue weighted by atomic mass is 10.2. The van der Waals surface area contributed by atoms with E-state index in [4.69, 9.17) is 9.26 Å².